The Morgan fingerprint density at radius 2 is 2.26 bits per heavy atom. The third-order valence-electron chi connectivity index (χ3n) is 3.63. The first-order chi connectivity index (χ1) is 9.33. The fourth-order valence-electron chi connectivity index (χ4n) is 2.48. The molecule has 100 valence electrons. The number of aromatic amines is 1. The molecule has 0 radical (unpaired) electrons. The largest absolute Gasteiger partial charge is 0.393 e. The summed E-state index contributed by atoms with van der Waals surface area (Å²) in [5.74, 6) is 0.615. The Labute approximate surface area is 112 Å². The molecular weight excluding hydrogens is 240 g/mol. The highest BCUT2D eigenvalue weighted by atomic mass is 16.3. The molecule has 2 aromatic heterocycles. The lowest BCUT2D eigenvalue weighted by atomic mass is 9.82. The number of aliphatic hydroxyl groups excluding tert-OH is 1. The quantitative estimate of drug-likeness (QED) is 0.756. The standard InChI is InChI=1S/C14H18N4O/c19-13-4-10(5-13)6-16-8-12-9-17-18-14(12)11-2-1-3-15-7-11/h1-3,7,9-10,13,16,19H,4-6,8H2,(H,17,18). The van der Waals surface area contributed by atoms with E-state index in [1.807, 2.05) is 24.5 Å². The molecule has 0 amide bonds. The lowest BCUT2D eigenvalue weighted by molar-refractivity contribution is 0.0430. The molecule has 3 N–H and O–H groups in total. The molecule has 5 nitrogen and oxygen atoms in total. The van der Waals surface area contributed by atoms with Gasteiger partial charge in [-0.15, -0.1) is 0 Å². The van der Waals surface area contributed by atoms with Crippen LogP contribution in [-0.2, 0) is 6.54 Å². The first-order valence-electron chi connectivity index (χ1n) is 6.64. The van der Waals surface area contributed by atoms with Crippen LogP contribution in [0.25, 0.3) is 11.3 Å². The molecule has 1 saturated carbocycles. The molecule has 2 aromatic rings. The van der Waals surface area contributed by atoms with Crippen LogP contribution in [0.4, 0.5) is 0 Å². The summed E-state index contributed by atoms with van der Waals surface area (Å²) in [5, 5.41) is 19.8. The third-order valence-corrected chi connectivity index (χ3v) is 3.63. The lowest BCUT2D eigenvalue weighted by Gasteiger charge is -2.31. The molecule has 0 aliphatic heterocycles. The van der Waals surface area contributed by atoms with Crippen molar-refractivity contribution in [3.8, 4) is 11.3 Å². The van der Waals surface area contributed by atoms with E-state index >= 15 is 0 Å². The Morgan fingerprint density at radius 3 is 3.00 bits per heavy atom. The van der Waals surface area contributed by atoms with E-state index < -0.39 is 0 Å². The Balaban J connectivity index is 1.58. The minimum atomic E-state index is -0.0771. The zero-order chi connectivity index (χ0) is 13.1. The van der Waals surface area contributed by atoms with Gasteiger partial charge in [0.1, 0.15) is 0 Å². The lowest BCUT2D eigenvalue weighted by Crippen LogP contribution is -2.35. The van der Waals surface area contributed by atoms with E-state index in [-0.39, 0.29) is 6.10 Å². The fourth-order valence-corrected chi connectivity index (χ4v) is 2.48. The molecule has 1 fully saturated rings. The number of hydrogen-bond acceptors (Lipinski definition) is 4. The summed E-state index contributed by atoms with van der Waals surface area (Å²) in [6.07, 6.45) is 7.22. The molecule has 2 heterocycles. The minimum Gasteiger partial charge on any atom is -0.393 e. The van der Waals surface area contributed by atoms with Crippen molar-refractivity contribution in [2.24, 2.45) is 5.92 Å². The number of aromatic nitrogens is 3. The highest BCUT2D eigenvalue weighted by Crippen LogP contribution is 2.26. The predicted molar refractivity (Wildman–Crippen MR) is 72.3 cm³/mol. The molecule has 0 unspecified atom stereocenters. The predicted octanol–water partition coefficient (Wildman–Crippen LogP) is 1.33. The van der Waals surface area contributed by atoms with Crippen LogP contribution in [0.2, 0.25) is 0 Å². The first-order valence-corrected chi connectivity index (χ1v) is 6.64. The number of H-pyrrole nitrogens is 1. The van der Waals surface area contributed by atoms with Gasteiger partial charge in [0.15, 0.2) is 0 Å². The van der Waals surface area contributed by atoms with Gasteiger partial charge in [0.05, 0.1) is 18.0 Å². The minimum absolute atomic E-state index is 0.0771. The van der Waals surface area contributed by atoms with E-state index in [4.69, 9.17) is 0 Å². The Kier molecular flexibility index (Phi) is 3.57. The number of hydrogen-bond donors (Lipinski definition) is 3. The molecule has 0 spiro atoms. The van der Waals surface area contributed by atoms with Crippen molar-refractivity contribution in [1.29, 1.82) is 0 Å². The Hall–Kier alpha value is -1.72. The van der Waals surface area contributed by atoms with Crippen molar-refractivity contribution in [1.82, 2.24) is 20.5 Å². The van der Waals surface area contributed by atoms with Crippen molar-refractivity contribution in [3.05, 3.63) is 36.3 Å². The number of nitrogens with zero attached hydrogens (tertiary/aromatic N) is 2. The van der Waals surface area contributed by atoms with Crippen LogP contribution in [0.3, 0.4) is 0 Å². The van der Waals surface area contributed by atoms with Gasteiger partial charge in [0, 0.05) is 30.1 Å². The van der Waals surface area contributed by atoms with Gasteiger partial charge in [-0.2, -0.15) is 5.10 Å². The SMILES string of the molecule is OC1CC(CNCc2cn[nH]c2-c2cccnc2)C1. The van der Waals surface area contributed by atoms with Crippen LogP contribution >= 0.6 is 0 Å². The van der Waals surface area contributed by atoms with Gasteiger partial charge in [0.25, 0.3) is 0 Å². The number of pyridine rings is 1. The summed E-state index contributed by atoms with van der Waals surface area (Å²) in [6.45, 7) is 1.74. The molecule has 0 atom stereocenters. The van der Waals surface area contributed by atoms with E-state index in [0.29, 0.717) is 5.92 Å². The van der Waals surface area contributed by atoms with E-state index in [1.54, 1.807) is 6.20 Å². The molecule has 5 heteroatoms. The second kappa shape index (κ2) is 5.50. The summed E-state index contributed by atoms with van der Waals surface area (Å²) >= 11 is 0. The zero-order valence-corrected chi connectivity index (χ0v) is 10.7. The summed E-state index contributed by atoms with van der Waals surface area (Å²) < 4.78 is 0. The van der Waals surface area contributed by atoms with Gasteiger partial charge < -0.3 is 10.4 Å². The van der Waals surface area contributed by atoms with Gasteiger partial charge in [-0.3, -0.25) is 10.1 Å². The highest BCUT2D eigenvalue weighted by Gasteiger charge is 2.26. The molecule has 19 heavy (non-hydrogen) atoms. The van der Waals surface area contributed by atoms with Crippen LogP contribution in [0, 0.1) is 5.92 Å². The number of nitrogens with one attached hydrogen (secondary N) is 2. The maximum Gasteiger partial charge on any atom is 0.0710 e. The van der Waals surface area contributed by atoms with Gasteiger partial charge >= 0.3 is 0 Å². The van der Waals surface area contributed by atoms with Crippen molar-refractivity contribution in [2.45, 2.75) is 25.5 Å². The van der Waals surface area contributed by atoms with Crippen molar-refractivity contribution < 1.29 is 5.11 Å². The van der Waals surface area contributed by atoms with Gasteiger partial charge in [0.2, 0.25) is 0 Å². The topological polar surface area (TPSA) is 73.8 Å². The summed E-state index contributed by atoms with van der Waals surface area (Å²) in [4.78, 5) is 4.13. The second-order valence-corrected chi connectivity index (χ2v) is 5.13. The average Bonchev–Trinajstić information content (AvgIpc) is 2.86. The normalized spacial score (nSPS) is 22.2. The molecule has 0 saturated heterocycles. The first kappa shape index (κ1) is 12.3. The Bertz CT molecular complexity index is 519. The van der Waals surface area contributed by atoms with Crippen LogP contribution in [0.15, 0.2) is 30.7 Å². The van der Waals surface area contributed by atoms with Crippen molar-refractivity contribution in [2.75, 3.05) is 6.54 Å². The fraction of sp³-hybridized carbons (Fsp3) is 0.429. The van der Waals surface area contributed by atoms with Crippen LogP contribution in [0.5, 0.6) is 0 Å². The second-order valence-electron chi connectivity index (χ2n) is 5.13. The summed E-state index contributed by atoms with van der Waals surface area (Å²) in [5.41, 5.74) is 3.22. The monoisotopic (exact) mass is 258 g/mol. The molecule has 1 aliphatic rings. The number of rotatable bonds is 5. The third kappa shape index (κ3) is 2.83. The van der Waals surface area contributed by atoms with Gasteiger partial charge in [-0.05, 0) is 37.4 Å². The average molecular weight is 258 g/mol. The smallest absolute Gasteiger partial charge is 0.0710 e. The zero-order valence-electron chi connectivity index (χ0n) is 10.7. The Morgan fingerprint density at radius 1 is 1.37 bits per heavy atom. The highest BCUT2D eigenvalue weighted by molar-refractivity contribution is 5.61. The van der Waals surface area contributed by atoms with E-state index in [9.17, 15) is 5.11 Å². The van der Waals surface area contributed by atoms with Crippen LogP contribution in [0.1, 0.15) is 18.4 Å². The number of aliphatic hydroxyl groups is 1. The molecule has 1 aliphatic carbocycles. The summed E-state index contributed by atoms with van der Waals surface area (Å²) in [7, 11) is 0. The van der Waals surface area contributed by atoms with Gasteiger partial charge in [-0.25, -0.2) is 0 Å². The van der Waals surface area contributed by atoms with E-state index in [0.717, 1.165) is 42.8 Å². The van der Waals surface area contributed by atoms with Crippen molar-refractivity contribution in [3.63, 3.8) is 0 Å². The van der Waals surface area contributed by atoms with E-state index in [2.05, 4.69) is 20.5 Å². The molecule has 0 bridgehead atoms. The maximum atomic E-state index is 9.24. The van der Waals surface area contributed by atoms with E-state index in [1.165, 1.54) is 0 Å². The molecular formula is C14H18N4O. The van der Waals surface area contributed by atoms with Crippen molar-refractivity contribution >= 4 is 0 Å². The maximum absolute atomic E-state index is 9.24. The molecule has 0 aromatic carbocycles. The van der Waals surface area contributed by atoms with Gasteiger partial charge in [-0.1, -0.05) is 0 Å². The molecule has 3 rings (SSSR count). The van der Waals surface area contributed by atoms with Crippen LogP contribution < -0.4 is 5.32 Å². The summed E-state index contributed by atoms with van der Waals surface area (Å²) in [6, 6.07) is 3.94. The van der Waals surface area contributed by atoms with Crippen LogP contribution in [-0.4, -0.2) is 32.9 Å².